The van der Waals surface area contributed by atoms with Crippen molar-refractivity contribution in [2.24, 2.45) is 0 Å². The predicted octanol–water partition coefficient (Wildman–Crippen LogP) is 0.669. The van der Waals surface area contributed by atoms with E-state index in [-0.39, 0.29) is 0 Å². The molecule has 0 aromatic rings. The van der Waals surface area contributed by atoms with E-state index in [1.54, 1.807) is 0 Å². The summed E-state index contributed by atoms with van der Waals surface area (Å²) in [5, 5.41) is 18.3. The van der Waals surface area contributed by atoms with Crippen LogP contribution in [0.1, 0.15) is 13.3 Å². The molecule has 0 aliphatic rings. The van der Waals surface area contributed by atoms with Gasteiger partial charge in [-0.25, -0.2) is 8.78 Å². The summed E-state index contributed by atoms with van der Waals surface area (Å²) in [5.74, 6) is -3.05. The van der Waals surface area contributed by atoms with Crippen molar-refractivity contribution >= 4 is 0 Å². The predicted molar refractivity (Wildman–Crippen MR) is 33.1 cm³/mol. The van der Waals surface area contributed by atoms with E-state index in [1.165, 1.54) is 0 Å². The molecule has 66 valence electrons. The standard InChI is InChI=1S/C5H9F2NO3/c1-5(6,7)2-4(9)3-8(10)11/h4,9H,2-3H2,1H3. The van der Waals surface area contributed by atoms with Gasteiger partial charge in [0, 0.05) is 11.3 Å². The van der Waals surface area contributed by atoms with Crippen molar-refractivity contribution < 1.29 is 18.8 Å². The molecule has 1 unspecified atom stereocenters. The summed E-state index contributed by atoms with van der Waals surface area (Å²) < 4.78 is 24.1. The zero-order valence-corrected chi connectivity index (χ0v) is 5.96. The number of nitrogens with zero attached hydrogens (tertiary/aromatic N) is 1. The summed E-state index contributed by atoms with van der Waals surface area (Å²) in [6, 6.07) is 0. The molecule has 0 spiro atoms. The maximum absolute atomic E-state index is 12.0. The third kappa shape index (κ3) is 7.11. The molecular formula is C5H9F2NO3. The van der Waals surface area contributed by atoms with Crippen molar-refractivity contribution in [3.63, 3.8) is 0 Å². The average Bonchev–Trinajstić information content (AvgIpc) is 1.53. The highest BCUT2D eigenvalue weighted by Gasteiger charge is 2.27. The molecular weight excluding hydrogens is 160 g/mol. The van der Waals surface area contributed by atoms with Gasteiger partial charge in [-0.15, -0.1) is 0 Å². The summed E-state index contributed by atoms with van der Waals surface area (Å²) in [6.45, 7) is -0.223. The third-order valence-electron chi connectivity index (χ3n) is 0.954. The molecule has 0 saturated carbocycles. The molecule has 0 radical (unpaired) electrons. The molecule has 0 aliphatic heterocycles. The van der Waals surface area contributed by atoms with Crippen LogP contribution >= 0.6 is 0 Å². The minimum absolute atomic E-state index is 0.607. The lowest BCUT2D eigenvalue weighted by Gasteiger charge is -2.11. The molecule has 0 amide bonds. The first-order chi connectivity index (χ1) is 4.81. The number of alkyl halides is 2. The Balaban J connectivity index is 3.69. The molecule has 1 N–H and O–H groups in total. The minimum atomic E-state index is -3.05. The van der Waals surface area contributed by atoms with Crippen molar-refractivity contribution in [3.8, 4) is 0 Å². The van der Waals surface area contributed by atoms with Crippen LogP contribution in [0.25, 0.3) is 0 Å². The molecule has 0 bridgehead atoms. The van der Waals surface area contributed by atoms with Crippen molar-refractivity contribution in [2.75, 3.05) is 6.54 Å². The van der Waals surface area contributed by atoms with Crippen molar-refractivity contribution in [1.29, 1.82) is 0 Å². The van der Waals surface area contributed by atoms with Gasteiger partial charge in [-0.1, -0.05) is 0 Å². The van der Waals surface area contributed by atoms with Crippen molar-refractivity contribution in [3.05, 3.63) is 10.1 Å². The van der Waals surface area contributed by atoms with Gasteiger partial charge in [0.25, 0.3) is 0 Å². The normalized spacial score (nSPS) is 14.5. The summed E-state index contributed by atoms with van der Waals surface area (Å²) in [4.78, 5) is 8.87. The fourth-order valence-corrected chi connectivity index (χ4v) is 0.650. The number of nitro groups is 1. The van der Waals surface area contributed by atoms with Crippen LogP contribution in [0.5, 0.6) is 0 Å². The number of aliphatic hydroxyl groups is 1. The Morgan fingerprint density at radius 1 is 1.73 bits per heavy atom. The highest BCUT2D eigenvalue weighted by atomic mass is 19.3. The number of hydrogen-bond donors (Lipinski definition) is 1. The second-order valence-electron chi connectivity index (χ2n) is 2.44. The Hall–Kier alpha value is -0.780. The number of rotatable bonds is 4. The summed E-state index contributed by atoms with van der Waals surface area (Å²) in [5.41, 5.74) is 0. The number of hydrogen-bond acceptors (Lipinski definition) is 3. The van der Waals surface area contributed by atoms with Gasteiger partial charge in [-0.05, 0) is 6.92 Å². The number of aliphatic hydroxyl groups excluding tert-OH is 1. The van der Waals surface area contributed by atoms with Crippen LogP contribution in [-0.2, 0) is 0 Å². The van der Waals surface area contributed by atoms with Gasteiger partial charge in [-0.2, -0.15) is 0 Å². The molecule has 0 aliphatic carbocycles. The van der Waals surface area contributed by atoms with Crippen molar-refractivity contribution in [2.45, 2.75) is 25.4 Å². The molecule has 0 aromatic heterocycles. The van der Waals surface area contributed by atoms with Gasteiger partial charge in [0.1, 0.15) is 6.10 Å². The highest BCUT2D eigenvalue weighted by molar-refractivity contribution is 4.64. The Kier molecular flexibility index (Phi) is 3.31. The first-order valence-electron chi connectivity index (χ1n) is 2.99. The maximum atomic E-state index is 12.0. The second kappa shape index (κ2) is 3.56. The van der Waals surface area contributed by atoms with E-state index in [0.29, 0.717) is 6.92 Å². The van der Waals surface area contributed by atoms with Gasteiger partial charge in [0.2, 0.25) is 12.5 Å². The van der Waals surface area contributed by atoms with Crippen LogP contribution in [0.3, 0.4) is 0 Å². The first kappa shape index (κ1) is 10.2. The van der Waals surface area contributed by atoms with Crippen molar-refractivity contribution in [1.82, 2.24) is 0 Å². The fourth-order valence-electron chi connectivity index (χ4n) is 0.650. The summed E-state index contributed by atoms with van der Waals surface area (Å²) in [7, 11) is 0. The third-order valence-corrected chi connectivity index (χ3v) is 0.954. The van der Waals surface area contributed by atoms with Crippen LogP contribution < -0.4 is 0 Å². The van der Waals surface area contributed by atoms with E-state index >= 15 is 0 Å². The highest BCUT2D eigenvalue weighted by Crippen LogP contribution is 2.18. The molecule has 0 fully saturated rings. The molecule has 1 atom stereocenters. The summed E-state index contributed by atoms with van der Waals surface area (Å²) >= 11 is 0. The molecule has 11 heavy (non-hydrogen) atoms. The van der Waals surface area contributed by atoms with E-state index in [2.05, 4.69) is 0 Å². The average molecular weight is 169 g/mol. The Morgan fingerprint density at radius 3 is 2.45 bits per heavy atom. The fraction of sp³-hybridized carbons (Fsp3) is 1.00. The molecule has 0 rings (SSSR count). The van der Waals surface area contributed by atoms with Crippen LogP contribution in [-0.4, -0.2) is 28.6 Å². The van der Waals surface area contributed by atoms with Gasteiger partial charge in [0.15, 0.2) is 0 Å². The Morgan fingerprint density at radius 2 is 2.18 bits per heavy atom. The van der Waals surface area contributed by atoms with Crippen LogP contribution in [0.15, 0.2) is 0 Å². The van der Waals surface area contributed by atoms with Crippen LogP contribution in [0.4, 0.5) is 8.78 Å². The molecule has 0 heterocycles. The zero-order valence-electron chi connectivity index (χ0n) is 5.96. The quantitative estimate of drug-likeness (QED) is 0.497. The van der Waals surface area contributed by atoms with E-state index < -0.39 is 29.9 Å². The lowest BCUT2D eigenvalue weighted by atomic mass is 10.2. The zero-order chi connectivity index (χ0) is 9.07. The molecule has 6 heteroatoms. The minimum Gasteiger partial charge on any atom is -0.386 e. The molecule has 4 nitrogen and oxygen atoms in total. The largest absolute Gasteiger partial charge is 0.386 e. The number of halogens is 2. The molecule has 0 aromatic carbocycles. The SMILES string of the molecule is CC(F)(F)CC(O)C[N+](=O)[O-]. The van der Waals surface area contributed by atoms with E-state index in [0.717, 1.165) is 0 Å². The monoisotopic (exact) mass is 169 g/mol. The smallest absolute Gasteiger partial charge is 0.248 e. The summed E-state index contributed by atoms with van der Waals surface area (Å²) in [6.07, 6.45) is -2.43. The Bertz CT molecular complexity index is 145. The topological polar surface area (TPSA) is 63.4 Å². The maximum Gasteiger partial charge on any atom is 0.248 e. The lowest BCUT2D eigenvalue weighted by molar-refractivity contribution is -0.491. The van der Waals surface area contributed by atoms with Gasteiger partial charge < -0.3 is 5.11 Å². The first-order valence-corrected chi connectivity index (χ1v) is 2.99. The van der Waals surface area contributed by atoms with Gasteiger partial charge in [-0.3, -0.25) is 10.1 Å². The van der Waals surface area contributed by atoms with Crippen LogP contribution in [0.2, 0.25) is 0 Å². The van der Waals surface area contributed by atoms with Gasteiger partial charge >= 0.3 is 0 Å². The second-order valence-corrected chi connectivity index (χ2v) is 2.44. The lowest BCUT2D eigenvalue weighted by Crippen LogP contribution is -2.26. The van der Waals surface area contributed by atoms with E-state index in [1.807, 2.05) is 0 Å². The molecule has 0 saturated heterocycles. The van der Waals surface area contributed by atoms with Gasteiger partial charge in [0.05, 0.1) is 0 Å². The van der Waals surface area contributed by atoms with E-state index in [9.17, 15) is 18.9 Å². The van der Waals surface area contributed by atoms with E-state index in [4.69, 9.17) is 5.11 Å². The Labute approximate surface area is 62.0 Å². The van der Waals surface area contributed by atoms with Crippen LogP contribution in [0, 0.1) is 10.1 Å².